The molecule has 3 nitrogen and oxygen atoms in total. The van der Waals surface area contributed by atoms with E-state index in [0.29, 0.717) is 6.54 Å². The first kappa shape index (κ1) is 13.1. The van der Waals surface area contributed by atoms with Gasteiger partial charge in [-0.3, -0.25) is 4.98 Å². The summed E-state index contributed by atoms with van der Waals surface area (Å²) < 4.78 is 0. The second-order valence-electron chi connectivity index (χ2n) is 5.27. The van der Waals surface area contributed by atoms with E-state index in [-0.39, 0.29) is 17.6 Å². The Kier molecular flexibility index (Phi) is 4.44. The van der Waals surface area contributed by atoms with Crippen LogP contribution in [0.5, 0.6) is 0 Å². The van der Waals surface area contributed by atoms with Crippen molar-refractivity contribution in [2.75, 3.05) is 6.54 Å². The maximum Gasteiger partial charge on any atom is 0.0712 e. The molecular weight excluding hydrogens is 200 g/mol. The number of aliphatic hydroxyl groups is 1. The molecule has 0 spiro atoms. The molecule has 0 saturated heterocycles. The molecule has 0 aliphatic rings. The molecule has 1 heterocycles. The Morgan fingerprint density at radius 3 is 2.56 bits per heavy atom. The Balaban J connectivity index is 2.45. The van der Waals surface area contributed by atoms with Crippen molar-refractivity contribution in [3.63, 3.8) is 0 Å². The fraction of sp³-hybridized carbons (Fsp3) is 0.615. The molecule has 0 amide bonds. The van der Waals surface area contributed by atoms with Gasteiger partial charge in [-0.1, -0.05) is 26.8 Å². The minimum atomic E-state index is -0.348. The summed E-state index contributed by atoms with van der Waals surface area (Å²) in [5.74, 6) is 0. The normalized spacial score (nSPS) is 15.8. The number of nitrogens with one attached hydrogen (secondary N) is 1. The number of hydrogen-bond acceptors (Lipinski definition) is 3. The summed E-state index contributed by atoms with van der Waals surface area (Å²) in [6.07, 6.45) is 1.44. The maximum atomic E-state index is 9.90. The second kappa shape index (κ2) is 5.41. The van der Waals surface area contributed by atoms with Crippen molar-refractivity contribution in [2.24, 2.45) is 5.41 Å². The monoisotopic (exact) mass is 222 g/mol. The Labute approximate surface area is 97.9 Å². The first-order chi connectivity index (χ1) is 7.41. The highest BCUT2D eigenvalue weighted by Crippen LogP contribution is 2.19. The maximum absolute atomic E-state index is 9.90. The highest BCUT2D eigenvalue weighted by Gasteiger charge is 2.22. The number of pyridine rings is 1. The van der Waals surface area contributed by atoms with Crippen LogP contribution in [0.15, 0.2) is 24.4 Å². The van der Waals surface area contributed by atoms with Gasteiger partial charge in [-0.2, -0.15) is 0 Å². The number of aromatic nitrogens is 1. The first-order valence-electron chi connectivity index (χ1n) is 5.73. The summed E-state index contributed by atoms with van der Waals surface area (Å²) in [5, 5.41) is 13.2. The fourth-order valence-corrected chi connectivity index (χ4v) is 1.33. The molecule has 1 rings (SSSR count). The van der Waals surface area contributed by atoms with Crippen LogP contribution in [-0.4, -0.2) is 22.7 Å². The van der Waals surface area contributed by atoms with Gasteiger partial charge in [0.05, 0.1) is 11.8 Å². The van der Waals surface area contributed by atoms with Crippen molar-refractivity contribution in [3.8, 4) is 0 Å². The summed E-state index contributed by atoms with van der Waals surface area (Å²) in [5.41, 5.74) is 0.917. The molecule has 2 unspecified atom stereocenters. The lowest BCUT2D eigenvalue weighted by Crippen LogP contribution is -2.37. The average molecular weight is 222 g/mol. The minimum Gasteiger partial charge on any atom is -0.391 e. The van der Waals surface area contributed by atoms with Crippen LogP contribution >= 0.6 is 0 Å². The van der Waals surface area contributed by atoms with Crippen LogP contribution in [0.1, 0.15) is 39.4 Å². The van der Waals surface area contributed by atoms with Gasteiger partial charge in [-0.05, 0) is 24.5 Å². The molecule has 0 aromatic carbocycles. The van der Waals surface area contributed by atoms with Crippen molar-refractivity contribution in [1.82, 2.24) is 10.3 Å². The molecule has 0 bridgehead atoms. The Morgan fingerprint density at radius 2 is 2.06 bits per heavy atom. The van der Waals surface area contributed by atoms with Gasteiger partial charge in [-0.15, -0.1) is 0 Å². The van der Waals surface area contributed by atoms with E-state index in [0.717, 1.165) is 5.69 Å². The summed E-state index contributed by atoms with van der Waals surface area (Å²) in [6.45, 7) is 8.74. The summed E-state index contributed by atoms with van der Waals surface area (Å²) >= 11 is 0. The summed E-state index contributed by atoms with van der Waals surface area (Å²) in [4.78, 5) is 4.27. The largest absolute Gasteiger partial charge is 0.391 e. The summed E-state index contributed by atoms with van der Waals surface area (Å²) in [6, 6.07) is 6.03. The highest BCUT2D eigenvalue weighted by molar-refractivity contribution is 5.07. The lowest BCUT2D eigenvalue weighted by molar-refractivity contribution is 0.0608. The SMILES string of the molecule is CC(NCC(O)C(C)(C)C)c1ccccn1. The zero-order valence-corrected chi connectivity index (χ0v) is 10.6. The molecule has 90 valence electrons. The van der Waals surface area contributed by atoms with Crippen molar-refractivity contribution in [1.29, 1.82) is 0 Å². The third-order valence-corrected chi connectivity index (χ3v) is 2.75. The van der Waals surface area contributed by atoms with E-state index < -0.39 is 0 Å². The van der Waals surface area contributed by atoms with Crippen molar-refractivity contribution in [2.45, 2.75) is 39.8 Å². The molecule has 0 aliphatic carbocycles. The van der Waals surface area contributed by atoms with Gasteiger partial charge >= 0.3 is 0 Å². The molecule has 1 aromatic rings. The fourth-order valence-electron chi connectivity index (χ4n) is 1.33. The number of aliphatic hydroxyl groups excluding tert-OH is 1. The molecule has 16 heavy (non-hydrogen) atoms. The predicted octanol–water partition coefficient (Wildman–Crippen LogP) is 2.14. The smallest absolute Gasteiger partial charge is 0.0712 e. The van der Waals surface area contributed by atoms with E-state index >= 15 is 0 Å². The van der Waals surface area contributed by atoms with Crippen LogP contribution in [0.4, 0.5) is 0 Å². The van der Waals surface area contributed by atoms with Gasteiger partial charge in [0.2, 0.25) is 0 Å². The van der Waals surface area contributed by atoms with Crippen molar-refractivity contribution in [3.05, 3.63) is 30.1 Å². The Bertz CT molecular complexity index is 305. The van der Waals surface area contributed by atoms with Crippen LogP contribution in [-0.2, 0) is 0 Å². The highest BCUT2D eigenvalue weighted by atomic mass is 16.3. The van der Waals surface area contributed by atoms with Gasteiger partial charge in [-0.25, -0.2) is 0 Å². The van der Waals surface area contributed by atoms with E-state index in [4.69, 9.17) is 0 Å². The molecule has 0 fully saturated rings. The molecular formula is C13H22N2O. The third kappa shape index (κ3) is 3.91. The quantitative estimate of drug-likeness (QED) is 0.820. The second-order valence-corrected chi connectivity index (χ2v) is 5.27. The van der Waals surface area contributed by atoms with Gasteiger partial charge < -0.3 is 10.4 Å². The van der Waals surface area contributed by atoms with Crippen LogP contribution in [0, 0.1) is 5.41 Å². The van der Waals surface area contributed by atoms with E-state index in [1.807, 2.05) is 39.0 Å². The van der Waals surface area contributed by atoms with E-state index in [9.17, 15) is 5.11 Å². The Hall–Kier alpha value is -0.930. The van der Waals surface area contributed by atoms with Crippen LogP contribution in [0.3, 0.4) is 0 Å². The van der Waals surface area contributed by atoms with Crippen LogP contribution < -0.4 is 5.32 Å². The van der Waals surface area contributed by atoms with Crippen molar-refractivity contribution < 1.29 is 5.11 Å². The molecule has 0 radical (unpaired) electrons. The molecule has 1 aromatic heterocycles. The molecule has 0 aliphatic heterocycles. The lowest BCUT2D eigenvalue weighted by atomic mass is 9.89. The zero-order chi connectivity index (χ0) is 12.2. The van der Waals surface area contributed by atoms with E-state index in [1.165, 1.54) is 0 Å². The van der Waals surface area contributed by atoms with Gasteiger partial charge in [0.15, 0.2) is 0 Å². The first-order valence-corrected chi connectivity index (χ1v) is 5.73. The Morgan fingerprint density at radius 1 is 1.38 bits per heavy atom. The molecule has 2 atom stereocenters. The molecule has 2 N–H and O–H groups in total. The van der Waals surface area contributed by atoms with Crippen LogP contribution in [0.25, 0.3) is 0 Å². The van der Waals surface area contributed by atoms with E-state index in [2.05, 4.69) is 17.2 Å². The van der Waals surface area contributed by atoms with Gasteiger partial charge in [0.1, 0.15) is 0 Å². The van der Waals surface area contributed by atoms with Crippen molar-refractivity contribution >= 4 is 0 Å². The number of rotatable bonds is 4. The van der Waals surface area contributed by atoms with Gasteiger partial charge in [0.25, 0.3) is 0 Å². The topological polar surface area (TPSA) is 45.1 Å². The molecule has 3 heteroatoms. The summed E-state index contributed by atoms with van der Waals surface area (Å²) in [7, 11) is 0. The van der Waals surface area contributed by atoms with E-state index in [1.54, 1.807) is 6.20 Å². The number of hydrogen-bond donors (Lipinski definition) is 2. The number of nitrogens with zero attached hydrogens (tertiary/aromatic N) is 1. The molecule has 0 saturated carbocycles. The zero-order valence-electron chi connectivity index (χ0n) is 10.6. The predicted molar refractivity (Wildman–Crippen MR) is 66.1 cm³/mol. The minimum absolute atomic E-state index is 0.0865. The lowest BCUT2D eigenvalue weighted by Gasteiger charge is -2.27. The van der Waals surface area contributed by atoms with Crippen LogP contribution in [0.2, 0.25) is 0 Å². The van der Waals surface area contributed by atoms with Gasteiger partial charge in [0, 0.05) is 18.8 Å². The third-order valence-electron chi connectivity index (χ3n) is 2.75. The standard InChI is InChI=1S/C13H22N2O/c1-10(11-7-5-6-8-14-11)15-9-12(16)13(2,3)4/h5-8,10,12,15-16H,9H2,1-4H3. The average Bonchev–Trinajstić information content (AvgIpc) is 2.25.